The Labute approximate surface area is 89.4 Å². The summed E-state index contributed by atoms with van der Waals surface area (Å²) < 4.78 is 0. The van der Waals surface area contributed by atoms with E-state index in [1.165, 1.54) is 0 Å². The third-order valence-corrected chi connectivity index (χ3v) is 2.09. The van der Waals surface area contributed by atoms with Gasteiger partial charge in [-0.15, -0.1) is 0 Å². The standard InChI is InChI=1S/C8H10ClNO2.C2H6/c1-5-2-3-10-8(7(5)9)6(12)4-11;1-2/h2-3,6,11-12H,4H2,1H3;1-2H3. The van der Waals surface area contributed by atoms with Crippen molar-refractivity contribution < 1.29 is 10.2 Å². The van der Waals surface area contributed by atoms with Crippen LogP contribution in [0.3, 0.4) is 0 Å². The minimum atomic E-state index is -0.989. The Morgan fingerprint density at radius 1 is 1.50 bits per heavy atom. The van der Waals surface area contributed by atoms with E-state index in [9.17, 15) is 5.11 Å². The minimum absolute atomic E-state index is 0.333. The molecule has 14 heavy (non-hydrogen) atoms. The number of hydrogen-bond donors (Lipinski definition) is 2. The number of hydrogen-bond acceptors (Lipinski definition) is 3. The molecule has 80 valence electrons. The van der Waals surface area contributed by atoms with Crippen molar-refractivity contribution in [2.45, 2.75) is 26.9 Å². The Bertz CT molecular complexity index is 279. The van der Waals surface area contributed by atoms with E-state index in [2.05, 4.69) is 4.98 Å². The van der Waals surface area contributed by atoms with E-state index in [4.69, 9.17) is 16.7 Å². The van der Waals surface area contributed by atoms with Gasteiger partial charge in [-0.05, 0) is 18.6 Å². The molecule has 2 N–H and O–H groups in total. The van der Waals surface area contributed by atoms with Crippen molar-refractivity contribution in [3.05, 3.63) is 28.5 Å². The molecule has 0 radical (unpaired) electrons. The van der Waals surface area contributed by atoms with Crippen molar-refractivity contribution >= 4 is 11.6 Å². The van der Waals surface area contributed by atoms with E-state index in [1.807, 2.05) is 20.8 Å². The minimum Gasteiger partial charge on any atom is -0.393 e. The summed E-state index contributed by atoms with van der Waals surface area (Å²) in [6.45, 7) is 5.45. The smallest absolute Gasteiger partial charge is 0.120 e. The Hall–Kier alpha value is -0.640. The number of aliphatic hydroxyl groups excluding tert-OH is 2. The Kier molecular flexibility index (Phi) is 6.45. The number of nitrogens with zero attached hydrogens (tertiary/aromatic N) is 1. The largest absolute Gasteiger partial charge is 0.393 e. The fourth-order valence-electron chi connectivity index (χ4n) is 0.880. The van der Waals surface area contributed by atoms with Crippen LogP contribution in [0.1, 0.15) is 31.2 Å². The van der Waals surface area contributed by atoms with Crippen molar-refractivity contribution in [3.63, 3.8) is 0 Å². The molecular formula is C10H16ClNO2. The molecule has 0 fully saturated rings. The van der Waals surface area contributed by atoms with Gasteiger partial charge in [-0.25, -0.2) is 0 Å². The quantitative estimate of drug-likeness (QED) is 0.798. The van der Waals surface area contributed by atoms with Crippen LogP contribution in [0.4, 0.5) is 0 Å². The highest BCUT2D eigenvalue weighted by Gasteiger charge is 2.12. The summed E-state index contributed by atoms with van der Waals surface area (Å²) in [6.07, 6.45) is 0.562. The molecule has 0 saturated carbocycles. The predicted molar refractivity (Wildman–Crippen MR) is 57.4 cm³/mol. The van der Waals surface area contributed by atoms with Gasteiger partial charge in [0.2, 0.25) is 0 Å². The van der Waals surface area contributed by atoms with E-state index in [1.54, 1.807) is 12.3 Å². The molecule has 0 spiro atoms. The second kappa shape index (κ2) is 6.76. The zero-order chi connectivity index (χ0) is 11.1. The van der Waals surface area contributed by atoms with Crippen molar-refractivity contribution in [1.29, 1.82) is 0 Å². The van der Waals surface area contributed by atoms with Crippen LogP contribution in [-0.4, -0.2) is 21.8 Å². The second-order valence-corrected chi connectivity index (χ2v) is 2.90. The highest BCUT2D eigenvalue weighted by molar-refractivity contribution is 6.32. The number of aromatic nitrogens is 1. The van der Waals surface area contributed by atoms with Gasteiger partial charge in [-0.3, -0.25) is 4.98 Å². The number of pyridine rings is 1. The van der Waals surface area contributed by atoms with Crippen LogP contribution in [0.15, 0.2) is 12.3 Å². The fraction of sp³-hybridized carbons (Fsp3) is 0.500. The van der Waals surface area contributed by atoms with E-state index in [-0.39, 0.29) is 6.61 Å². The third-order valence-electron chi connectivity index (χ3n) is 1.60. The lowest BCUT2D eigenvalue weighted by Gasteiger charge is -2.09. The lowest BCUT2D eigenvalue weighted by atomic mass is 10.2. The van der Waals surface area contributed by atoms with E-state index >= 15 is 0 Å². The molecule has 1 heterocycles. The van der Waals surface area contributed by atoms with Gasteiger partial charge >= 0.3 is 0 Å². The van der Waals surface area contributed by atoms with Gasteiger partial charge in [0, 0.05) is 6.20 Å². The highest BCUT2D eigenvalue weighted by Crippen LogP contribution is 2.23. The second-order valence-electron chi connectivity index (χ2n) is 2.53. The van der Waals surface area contributed by atoms with Gasteiger partial charge in [0.25, 0.3) is 0 Å². The lowest BCUT2D eigenvalue weighted by molar-refractivity contribution is 0.0923. The van der Waals surface area contributed by atoms with Crippen LogP contribution in [0.2, 0.25) is 5.02 Å². The molecule has 3 nitrogen and oxygen atoms in total. The normalized spacial score (nSPS) is 11.6. The number of halogens is 1. The topological polar surface area (TPSA) is 53.4 Å². The molecular weight excluding hydrogens is 202 g/mol. The summed E-state index contributed by atoms with van der Waals surface area (Å²) in [5.74, 6) is 0. The Balaban J connectivity index is 0.000000791. The van der Waals surface area contributed by atoms with Crippen molar-refractivity contribution in [2.24, 2.45) is 0 Å². The molecule has 0 amide bonds. The van der Waals surface area contributed by atoms with Gasteiger partial charge in [-0.1, -0.05) is 25.4 Å². The first-order valence-corrected chi connectivity index (χ1v) is 4.94. The molecule has 0 aromatic carbocycles. The zero-order valence-electron chi connectivity index (χ0n) is 8.66. The zero-order valence-corrected chi connectivity index (χ0v) is 9.41. The first kappa shape index (κ1) is 13.4. The molecule has 0 aliphatic heterocycles. The summed E-state index contributed by atoms with van der Waals surface area (Å²) in [5, 5.41) is 18.3. The summed E-state index contributed by atoms with van der Waals surface area (Å²) >= 11 is 5.83. The predicted octanol–water partition coefficient (Wildman–Crippen LogP) is 2.10. The summed E-state index contributed by atoms with van der Waals surface area (Å²) in [7, 11) is 0. The monoisotopic (exact) mass is 217 g/mol. The van der Waals surface area contributed by atoms with Gasteiger partial charge < -0.3 is 10.2 Å². The van der Waals surface area contributed by atoms with Crippen LogP contribution >= 0.6 is 11.6 Å². The van der Waals surface area contributed by atoms with Crippen molar-refractivity contribution in [1.82, 2.24) is 4.98 Å². The maximum atomic E-state index is 9.24. The Morgan fingerprint density at radius 3 is 2.57 bits per heavy atom. The van der Waals surface area contributed by atoms with Crippen molar-refractivity contribution in [3.8, 4) is 0 Å². The molecule has 4 heteroatoms. The van der Waals surface area contributed by atoms with Gasteiger partial charge in [0.1, 0.15) is 6.10 Å². The first-order chi connectivity index (χ1) is 6.66. The molecule has 1 aromatic rings. The van der Waals surface area contributed by atoms with E-state index in [0.717, 1.165) is 5.56 Å². The average Bonchev–Trinajstić information content (AvgIpc) is 2.24. The molecule has 0 saturated heterocycles. The number of aliphatic hydroxyl groups is 2. The summed E-state index contributed by atoms with van der Waals surface area (Å²) in [5.41, 5.74) is 1.17. The van der Waals surface area contributed by atoms with Gasteiger partial charge in [-0.2, -0.15) is 0 Å². The highest BCUT2D eigenvalue weighted by atomic mass is 35.5. The van der Waals surface area contributed by atoms with Gasteiger partial charge in [0.05, 0.1) is 17.3 Å². The molecule has 1 rings (SSSR count). The van der Waals surface area contributed by atoms with E-state index in [0.29, 0.717) is 10.7 Å². The van der Waals surface area contributed by atoms with Crippen LogP contribution in [0.5, 0.6) is 0 Å². The summed E-state index contributed by atoms with van der Waals surface area (Å²) in [6, 6.07) is 1.75. The maximum Gasteiger partial charge on any atom is 0.120 e. The molecule has 1 atom stereocenters. The third kappa shape index (κ3) is 3.25. The Morgan fingerprint density at radius 2 is 2.07 bits per heavy atom. The molecule has 0 bridgehead atoms. The SMILES string of the molecule is CC.Cc1ccnc(C(O)CO)c1Cl. The maximum absolute atomic E-state index is 9.24. The van der Waals surface area contributed by atoms with E-state index < -0.39 is 6.10 Å². The lowest BCUT2D eigenvalue weighted by Crippen LogP contribution is -2.06. The fourth-order valence-corrected chi connectivity index (χ4v) is 1.12. The molecule has 0 aliphatic rings. The van der Waals surface area contributed by atoms with Crippen LogP contribution in [-0.2, 0) is 0 Å². The summed E-state index contributed by atoms with van der Waals surface area (Å²) in [4.78, 5) is 3.87. The molecule has 1 unspecified atom stereocenters. The first-order valence-electron chi connectivity index (χ1n) is 4.56. The number of aryl methyl sites for hydroxylation is 1. The van der Waals surface area contributed by atoms with Crippen LogP contribution in [0.25, 0.3) is 0 Å². The average molecular weight is 218 g/mol. The number of rotatable bonds is 2. The molecule has 0 aliphatic carbocycles. The van der Waals surface area contributed by atoms with Crippen LogP contribution < -0.4 is 0 Å². The molecule has 1 aromatic heterocycles. The van der Waals surface area contributed by atoms with Crippen molar-refractivity contribution in [2.75, 3.05) is 6.61 Å². The van der Waals surface area contributed by atoms with Gasteiger partial charge in [0.15, 0.2) is 0 Å². The van der Waals surface area contributed by atoms with Crippen LogP contribution in [0, 0.1) is 6.92 Å².